The molecule has 0 fully saturated rings. The molecule has 3 aromatic rings. The molecule has 2 heterocycles. The Morgan fingerprint density at radius 1 is 1.25 bits per heavy atom. The van der Waals surface area contributed by atoms with Crippen molar-refractivity contribution in [1.82, 2.24) is 14.5 Å². The zero-order chi connectivity index (χ0) is 14.3. The van der Waals surface area contributed by atoms with Crippen molar-refractivity contribution in [2.24, 2.45) is 0 Å². The monoisotopic (exact) mass is 293 g/mol. The minimum Gasteiger partial charge on any atom is -0.274 e. The van der Waals surface area contributed by atoms with E-state index in [1.165, 1.54) is 22.8 Å². The lowest BCUT2D eigenvalue weighted by molar-refractivity contribution is 0.568. The summed E-state index contributed by atoms with van der Waals surface area (Å²) in [6.45, 7) is 1.87. The van der Waals surface area contributed by atoms with Crippen molar-refractivity contribution in [1.29, 1.82) is 0 Å². The van der Waals surface area contributed by atoms with Crippen LogP contribution in [0.4, 0.5) is 8.78 Å². The number of para-hydroxylation sites is 1. The van der Waals surface area contributed by atoms with E-state index in [0.717, 1.165) is 5.56 Å². The van der Waals surface area contributed by atoms with E-state index in [1.54, 1.807) is 12.3 Å². The number of pyridine rings is 1. The Morgan fingerprint density at radius 3 is 2.60 bits per heavy atom. The highest BCUT2D eigenvalue weighted by Crippen LogP contribution is 2.25. The van der Waals surface area contributed by atoms with E-state index < -0.39 is 11.6 Å². The second-order valence-corrected chi connectivity index (χ2v) is 4.69. The Balaban J connectivity index is 2.40. The molecule has 0 radical (unpaired) electrons. The third-order valence-electron chi connectivity index (χ3n) is 2.98. The molecule has 0 aliphatic rings. The van der Waals surface area contributed by atoms with Crippen molar-refractivity contribution >= 4 is 22.8 Å². The van der Waals surface area contributed by atoms with Gasteiger partial charge in [0.1, 0.15) is 28.7 Å². The Bertz CT molecular complexity index is 778. The number of fused-ring (bicyclic) bond motifs is 1. The van der Waals surface area contributed by atoms with E-state index in [-0.39, 0.29) is 11.6 Å². The van der Waals surface area contributed by atoms with Gasteiger partial charge in [-0.2, -0.15) is 0 Å². The van der Waals surface area contributed by atoms with Gasteiger partial charge in [-0.25, -0.2) is 18.7 Å². The molecule has 0 amide bonds. The Hall–Kier alpha value is -2.01. The molecular weight excluding hydrogens is 284 g/mol. The minimum absolute atomic E-state index is 0.0309. The summed E-state index contributed by atoms with van der Waals surface area (Å²) >= 11 is 5.84. The molecule has 0 saturated carbocycles. The first-order valence-corrected chi connectivity index (χ1v) is 6.49. The molecular formula is C14H10ClF2N3. The van der Waals surface area contributed by atoms with E-state index in [9.17, 15) is 8.78 Å². The van der Waals surface area contributed by atoms with Crippen molar-refractivity contribution in [2.45, 2.75) is 12.8 Å². The SMILES string of the molecule is Cc1cnc2c(c1)nc(CCl)n2-c1c(F)cccc1F. The van der Waals surface area contributed by atoms with Crippen LogP contribution in [0.2, 0.25) is 0 Å². The highest BCUT2D eigenvalue weighted by atomic mass is 35.5. The molecule has 0 N–H and O–H groups in total. The van der Waals surface area contributed by atoms with Crippen LogP contribution in [-0.4, -0.2) is 14.5 Å². The normalized spacial score (nSPS) is 11.2. The van der Waals surface area contributed by atoms with Crippen molar-refractivity contribution < 1.29 is 8.78 Å². The van der Waals surface area contributed by atoms with Crippen molar-refractivity contribution in [3.05, 3.63) is 53.5 Å². The lowest BCUT2D eigenvalue weighted by Gasteiger charge is -2.09. The number of halogens is 3. The molecule has 3 nitrogen and oxygen atoms in total. The summed E-state index contributed by atoms with van der Waals surface area (Å²) in [6, 6.07) is 5.49. The number of rotatable bonds is 2. The number of alkyl halides is 1. The summed E-state index contributed by atoms with van der Waals surface area (Å²) in [5.74, 6) is -0.983. The van der Waals surface area contributed by atoms with Gasteiger partial charge in [0, 0.05) is 6.20 Å². The fourth-order valence-corrected chi connectivity index (χ4v) is 2.32. The second kappa shape index (κ2) is 4.83. The Kier molecular flexibility index (Phi) is 3.14. The summed E-state index contributed by atoms with van der Waals surface area (Å²) < 4.78 is 29.3. The fourth-order valence-electron chi connectivity index (χ4n) is 2.14. The molecule has 0 saturated heterocycles. The number of imidazole rings is 1. The van der Waals surface area contributed by atoms with Crippen LogP contribution in [-0.2, 0) is 5.88 Å². The number of aromatic nitrogens is 3. The molecule has 6 heteroatoms. The first kappa shape index (κ1) is 13.0. The minimum atomic E-state index is -0.682. The van der Waals surface area contributed by atoms with Crippen molar-refractivity contribution in [2.75, 3.05) is 0 Å². The lowest BCUT2D eigenvalue weighted by Crippen LogP contribution is -2.05. The topological polar surface area (TPSA) is 30.7 Å². The smallest absolute Gasteiger partial charge is 0.164 e. The molecule has 0 spiro atoms. The lowest BCUT2D eigenvalue weighted by atomic mass is 10.2. The highest BCUT2D eigenvalue weighted by Gasteiger charge is 2.19. The van der Waals surface area contributed by atoms with Crippen LogP contribution < -0.4 is 0 Å². The largest absolute Gasteiger partial charge is 0.274 e. The second-order valence-electron chi connectivity index (χ2n) is 4.42. The van der Waals surface area contributed by atoms with E-state index in [4.69, 9.17) is 11.6 Å². The predicted octanol–water partition coefficient (Wildman–Crippen LogP) is 3.75. The molecule has 0 unspecified atom stereocenters. The molecule has 2 aromatic heterocycles. The highest BCUT2D eigenvalue weighted by molar-refractivity contribution is 6.16. The van der Waals surface area contributed by atoms with E-state index in [2.05, 4.69) is 9.97 Å². The van der Waals surface area contributed by atoms with Crippen LogP contribution in [0.3, 0.4) is 0 Å². The summed E-state index contributed by atoms with van der Waals surface area (Å²) in [5, 5.41) is 0. The number of benzene rings is 1. The maximum Gasteiger partial charge on any atom is 0.164 e. The molecule has 20 heavy (non-hydrogen) atoms. The average Bonchev–Trinajstić information content (AvgIpc) is 2.76. The van der Waals surface area contributed by atoms with Gasteiger partial charge in [0.05, 0.1) is 5.88 Å². The molecule has 0 bridgehead atoms. The number of aryl methyl sites for hydroxylation is 1. The number of nitrogens with zero attached hydrogens (tertiary/aromatic N) is 3. The van der Waals surface area contributed by atoms with Crippen LogP contribution in [0.25, 0.3) is 16.9 Å². The predicted molar refractivity (Wildman–Crippen MR) is 73.1 cm³/mol. The first-order chi connectivity index (χ1) is 9.61. The zero-order valence-corrected chi connectivity index (χ0v) is 11.3. The van der Waals surface area contributed by atoms with Gasteiger partial charge in [0.25, 0.3) is 0 Å². The third kappa shape index (κ3) is 1.94. The van der Waals surface area contributed by atoms with Gasteiger partial charge in [0.15, 0.2) is 5.65 Å². The first-order valence-electron chi connectivity index (χ1n) is 5.96. The molecule has 1 aromatic carbocycles. The van der Waals surface area contributed by atoms with Gasteiger partial charge in [-0.05, 0) is 30.7 Å². The van der Waals surface area contributed by atoms with E-state index in [0.29, 0.717) is 17.0 Å². The summed E-state index contributed by atoms with van der Waals surface area (Å²) in [5.41, 5.74) is 1.65. The quantitative estimate of drug-likeness (QED) is 0.674. The van der Waals surface area contributed by atoms with Gasteiger partial charge in [0.2, 0.25) is 0 Å². The van der Waals surface area contributed by atoms with Gasteiger partial charge in [-0.15, -0.1) is 11.6 Å². The maximum atomic E-state index is 14.0. The van der Waals surface area contributed by atoms with Crippen molar-refractivity contribution in [3.63, 3.8) is 0 Å². The molecule has 3 rings (SSSR count). The fraction of sp³-hybridized carbons (Fsp3) is 0.143. The summed E-state index contributed by atoms with van der Waals surface area (Å²) in [6.07, 6.45) is 1.62. The average molecular weight is 294 g/mol. The zero-order valence-electron chi connectivity index (χ0n) is 10.6. The molecule has 0 atom stereocenters. The Labute approximate surface area is 118 Å². The summed E-state index contributed by atoms with van der Waals surface area (Å²) in [4.78, 5) is 8.50. The van der Waals surface area contributed by atoms with Gasteiger partial charge >= 0.3 is 0 Å². The van der Waals surface area contributed by atoms with Crippen LogP contribution >= 0.6 is 11.6 Å². The molecule has 0 aliphatic carbocycles. The third-order valence-corrected chi connectivity index (χ3v) is 3.22. The van der Waals surface area contributed by atoms with E-state index in [1.807, 2.05) is 6.92 Å². The molecule has 102 valence electrons. The standard InChI is InChI=1S/C14H10ClF2N3/c1-8-5-11-14(18-7-8)20(12(6-15)19-11)13-9(16)3-2-4-10(13)17/h2-5,7H,6H2,1H3. The van der Waals surface area contributed by atoms with Crippen LogP contribution in [0.1, 0.15) is 11.4 Å². The van der Waals surface area contributed by atoms with Gasteiger partial charge < -0.3 is 0 Å². The van der Waals surface area contributed by atoms with Crippen LogP contribution in [0, 0.1) is 18.6 Å². The Morgan fingerprint density at radius 2 is 1.95 bits per heavy atom. The molecule has 0 aliphatic heterocycles. The van der Waals surface area contributed by atoms with Crippen molar-refractivity contribution in [3.8, 4) is 5.69 Å². The maximum absolute atomic E-state index is 14.0. The number of hydrogen-bond donors (Lipinski definition) is 0. The van der Waals surface area contributed by atoms with E-state index >= 15 is 0 Å². The van der Waals surface area contributed by atoms with Gasteiger partial charge in [-0.3, -0.25) is 4.57 Å². The van der Waals surface area contributed by atoms with Crippen LogP contribution in [0.15, 0.2) is 30.5 Å². The summed E-state index contributed by atoms with van der Waals surface area (Å²) in [7, 11) is 0. The van der Waals surface area contributed by atoms with Crippen LogP contribution in [0.5, 0.6) is 0 Å². The van der Waals surface area contributed by atoms with Gasteiger partial charge in [-0.1, -0.05) is 6.07 Å². The number of hydrogen-bond acceptors (Lipinski definition) is 2.